The average Bonchev–Trinajstić information content (AvgIpc) is 3.61. The molecule has 7 nitrogen and oxygen atoms in total. The van der Waals surface area contributed by atoms with Crippen molar-refractivity contribution in [2.75, 3.05) is 7.05 Å². The number of hydrogen-bond acceptors (Lipinski definition) is 4. The minimum Gasteiger partial charge on any atom is -0.346 e. The summed E-state index contributed by atoms with van der Waals surface area (Å²) in [4.78, 5) is 30.1. The molecule has 1 saturated carbocycles. The van der Waals surface area contributed by atoms with E-state index < -0.39 is 0 Å². The normalized spacial score (nSPS) is 15.5. The number of carbonyl (C=O) groups excluding carboxylic acids is 1. The molecule has 0 radical (unpaired) electrons. The maximum Gasteiger partial charge on any atom is 0.220 e. The average molecular weight is 643 g/mol. The third-order valence-corrected chi connectivity index (χ3v) is 10.3. The van der Waals surface area contributed by atoms with Crippen molar-refractivity contribution in [3.8, 4) is 0 Å². The Hall–Kier alpha value is -4.23. The summed E-state index contributed by atoms with van der Waals surface area (Å²) in [5, 5.41) is 11.5. The predicted molar refractivity (Wildman–Crippen MR) is 198 cm³/mol. The van der Waals surface area contributed by atoms with Gasteiger partial charge in [-0.3, -0.25) is 4.79 Å². The maximum atomic E-state index is 12.8. The van der Waals surface area contributed by atoms with Crippen molar-refractivity contribution in [3.05, 3.63) is 83.4 Å². The first-order valence-electron chi connectivity index (χ1n) is 18.1. The molecule has 1 unspecified atom stereocenters. The molecule has 1 aliphatic rings. The number of carbonyl (C=O) groups is 1. The van der Waals surface area contributed by atoms with Crippen molar-refractivity contribution in [2.24, 2.45) is 17.8 Å². The summed E-state index contributed by atoms with van der Waals surface area (Å²) in [6.07, 6.45) is 8.22. The van der Waals surface area contributed by atoms with Gasteiger partial charge in [0.15, 0.2) is 0 Å². The zero-order valence-corrected chi connectivity index (χ0v) is 29.1. The standard InChI is InChI=1S/C41H50N6O/c1-6-25(4)20-36(43-37(48)19-24(2)3)41-45-34-18-14-30-22-27(12-16-32(30)39(34)47-41)8-7-26-11-15-31-29(21-26)13-17-33-38(31)46-40(44-33)35(42-5)23-28-9-10-28/h11-18,21-22,24-25,28,35-36,42H,6-10,19-20,23H2,1-5H3,(H,43,48)(H,44,46)(H,45,47)/t25?,35-,36-/m0/s1. The minimum absolute atomic E-state index is 0.0880. The van der Waals surface area contributed by atoms with Crippen LogP contribution in [-0.4, -0.2) is 32.9 Å². The van der Waals surface area contributed by atoms with Crippen molar-refractivity contribution in [1.82, 2.24) is 30.6 Å². The van der Waals surface area contributed by atoms with Gasteiger partial charge in [-0.15, -0.1) is 0 Å². The SMILES string of the molecule is CCC(C)C[C@H](NC(=O)CC(C)C)c1nc2c(ccc3cc(CCc4ccc5c(ccc6[nH]c([C@H](CC7CC7)NC)nc65)c4)ccc32)[nH]1. The molecule has 4 aromatic carbocycles. The first-order chi connectivity index (χ1) is 23.3. The first kappa shape index (κ1) is 32.3. The van der Waals surface area contributed by atoms with Crippen molar-refractivity contribution in [3.63, 3.8) is 0 Å². The molecule has 7 heteroatoms. The van der Waals surface area contributed by atoms with Crippen LogP contribution in [0.3, 0.4) is 0 Å². The summed E-state index contributed by atoms with van der Waals surface area (Å²) >= 11 is 0. The lowest BCUT2D eigenvalue weighted by molar-refractivity contribution is -0.122. The molecule has 4 N–H and O–H groups in total. The Kier molecular flexibility index (Phi) is 9.23. The minimum atomic E-state index is -0.126. The zero-order valence-electron chi connectivity index (χ0n) is 29.1. The van der Waals surface area contributed by atoms with Gasteiger partial charge in [-0.05, 0) is 84.5 Å². The molecule has 250 valence electrons. The fourth-order valence-corrected chi connectivity index (χ4v) is 7.16. The smallest absolute Gasteiger partial charge is 0.220 e. The van der Waals surface area contributed by atoms with E-state index in [-0.39, 0.29) is 18.0 Å². The topological polar surface area (TPSA) is 98.5 Å². The molecule has 7 rings (SSSR count). The highest BCUT2D eigenvalue weighted by Gasteiger charge is 2.27. The molecule has 2 heterocycles. The number of nitrogens with one attached hydrogen (secondary N) is 4. The van der Waals surface area contributed by atoms with E-state index in [4.69, 9.17) is 9.97 Å². The van der Waals surface area contributed by atoms with Gasteiger partial charge < -0.3 is 20.6 Å². The van der Waals surface area contributed by atoms with Gasteiger partial charge >= 0.3 is 0 Å². The third-order valence-electron chi connectivity index (χ3n) is 10.3. The van der Waals surface area contributed by atoms with Crippen LogP contribution in [0, 0.1) is 17.8 Å². The molecule has 2 aromatic heterocycles. The molecule has 1 aliphatic carbocycles. The number of amides is 1. The van der Waals surface area contributed by atoms with Crippen LogP contribution in [0.2, 0.25) is 0 Å². The second kappa shape index (κ2) is 13.7. The number of benzene rings is 4. The summed E-state index contributed by atoms with van der Waals surface area (Å²) in [6, 6.07) is 22.5. The molecule has 0 bridgehead atoms. The third kappa shape index (κ3) is 6.98. The Labute approximate surface area is 283 Å². The lowest BCUT2D eigenvalue weighted by Crippen LogP contribution is -2.31. The highest BCUT2D eigenvalue weighted by molar-refractivity contribution is 6.05. The van der Waals surface area contributed by atoms with Crippen LogP contribution in [0.1, 0.15) is 101 Å². The Balaban J connectivity index is 1.08. The molecule has 1 fully saturated rings. The van der Waals surface area contributed by atoms with Crippen LogP contribution in [0.15, 0.2) is 60.7 Å². The Bertz CT molecular complexity index is 2070. The summed E-state index contributed by atoms with van der Waals surface area (Å²) < 4.78 is 0. The van der Waals surface area contributed by atoms with E-state index in [2.05, 4.69) is 109 Å². The maximum absolute atomic E-state index is 12.8. The van der Waals surface area contributed by atoms with Gasteiger partial charge in [0, 0.05) is 17.2 Å². The van der Waals surface area contributed by atoms with Crippen LogP contribution in [0.5, 0.6) is 0 Å². The van der Waals surface area contributed by atoms with Crippen molar-refractivity contribution in [1.29, 1.82) is 0 Å². The van der Waals surface area contributed by atoms with E-state index in [1.807, 2.05) is 7.05 Å². The second-order valence-electron chi connectivity index (χ2n) is 14.8. The van der Waals surface area contributed by atoms with Gasteiger partial charge in [0.2, 0.25) is 5.91 Å². The number of aromatic nitrogens is 4. The molecule has 1 amide bonds. The van der Waals surface area contributed by atoms with Gasteiger partial charge in [-0.2, -0.15) is 0 Å². The molecule has 3 atom stereocenters. The highest BCUT2D eigenvalue weighted by atomic mass is 16.1. The molecule has 0 spiro atoms. The first-order valence-corrected chi connectivity index (χ1v) is 18.1. The van der Waals surface area contributed by atoms with Gasteiger partial charge in [-0.1, -0.05) is 95.5 Å². The Morgan fingerprint density at radius 2 is 1.38 bits per heavy atom. The van der Waals surface area contributed by atoms with Crippen LogP contribution in [-0.2, 0) is 17.6 Å². The zero-order chi connectivity index (χ0) is 33.4. The van der Waals surface area contributed by atoms with Crippen LogP contribution in [0.25, 0.3) is 43.6 Å². The van der Waals surface area contributed by atoms with Crippen LogP contribution in [0.4, 0.5) is 0 Å². The molecule has 0 aliphatic heterocycles. The fraction of sp³-hybridized carbons (Fsp3) is 0.439. The quantitative estimate of drug-likeness (QED) is 0.0952. The summed E-state index contributed by atoms with van der Waals surface area (Å²) in [5.74, 6) is 3.62. The van der Waals surface area contributed by atoms with E-state index in [1.165, 1.54) is 40.1 Å². The number of fused-ring (bicyclic) bond motifs is 6. The number of imidazole rings is 2. The fourth-order valence-electron chi connectivity index (χ4n) is 7.16. The van der Waals surface area contributed by atoms with Crippen molar-refractivity contribution in [2.45, 2.75) is 91.1 Å². The van der Waals surface area contributed by atoms with Crippen molar-refractivity contribution < 1.29 is 4.79 Å². The predicted octanol–water partition coefficient (Wildman–Crippen LogP) is 9.23. The lowest BCUT2D eigenvalue weighted by Gasteiger charge is -2.20. The van der Waals surface area contributed by atoms with E-state index in [0.29, 0.717) is 18.3 Å². The van der Waals surface area contributed by atoms with E-state index in [1.54, 1.807) is 0 Å². The van der Waals surface area contributed by atoms with E-state index >= 15 is 0 Å². The van der Waals surface area contributed by atoms with Crippen molar-refractivity contribution >= 4 is 49.5 Å². The number of rotatable bonds is 14. The number of aryl methyl sites for hydroxylation is 2. The van der Waals surface area contributed by atoms with Gasteiger partial charge in [0.25, 0.3) is 0 Å². The van der Waals surface area contributed by atoms with Gasteiger partial charge in [0.1, 0.15) is 11.6 Å². The number of aromatic amines is 2. The van der Waals surface area contributed by atoms with Crippen LogP contribution >= 0.6 is 0 Å². The molecule has 0 saturated heterocycles. The highest BCUT2D eigenvalue weighted by Crippen LogP contribution is 2.38. The summed E-state index contributed by atoms with van der Waals surface area (Å²) in [6.45, 7) is 8.60. The lowest BCUT2D eigenvalue weighted by atomic mass is 9.98. The van der Waals surface area contributed by atoms with E-state index in [0.717, 1.165) is 77.1 Å². The molecule has 48 heavy (non-hydrogen) atoms. The number of hydrogen-bond donors (Lipinski definition) is 4. The van der Waals surface area contributed by atoms with E-state index in [9.17, 15) is 4.79 Å². The largest absolute Gasteiger partial charge is 0.346 e. The monoisotopic (exact) mass is 642 g/mol. The summed E-state index contributed by atoms with van der Waals surface area (Å²) in [5.41, 5.74) is 6.80. The number of nitrogens with zero attached hydrogens (tertiary/aromatic N) is 2. The second-order valence-corrected chi connectivity index (χ2v) is 14.8. The summed E-state index contributed by atoms with van der Waals surface area (Å²) in [7, 11) is 2.04. The Morgan fingerprint density at radius 3 is 1.88 bits per heavy atom. The van der Waals surface area contributed by atoms with Crippen LogP contribution < -0.4 is 10.6 Å². The molecular weight excluding hydrogens is 592 g/mol. The Morgan fingerprint density at radius 1 is 0.812 bits per heavy atom. The molecular formula is C41H50N6O. The number of H-pyrrole nitrogens is 2. The van der Waals surface area contributed by atoms with Gasteiger partial charge in [-0.25, -0.2) is 9.97 Å². The van der Waals surface area contributed by atoms with Gasteiger partial charge in [0.05, 0.1) is 34.2 Å². The molecule has 6 aromatic rings.